The lowest BCUT2D eigenvalue weighted by atomic mass is 9.80. The summed E-state index contributed by atoms with van der Waals surface area (Å²) in [6.45, 7) is -3.53. The summed E-state index contributed by atoms with van der Waals surface area (Å²) in [5, 5.41) is 0. The van der Waals surface area contributed by atoms with Gasteiger partial charge in [-0.2, -0.15) is 0 Å². The predicted octanol–water partition coefficient (Wildman–Crippen LogP) is 3.06. The first-order valence-electron chi connectivity index (χ1n) is 3.85. The van der Waals surface area contributed by atoms with Crippen molar-refractivity contribution in [1.82, 2.24) is 0 Å². The standard InChI is InChI=1S/C8H8BF4/c1-6-7(5-9(11,12)13)3-2-4-8(6)10/h2-4H,5H2,1H3/q-1. The first-order valence-corrected chi connectivity index (χ1v) is 3.85. The molecule has 0 aliphatic rings. The van der Waals surface area contributed by atoms with Crippen molar-refractivity contribution in [1.29, 1.82) is 0 Å². The normalized spacial score (nSPS) is 11.8. The highest BCUT2D eigenvalue weighted by Gasteiger charge is 2.24. The number of halogens is 4. The van der Waals surface area contributed by atoms with Crippen LogP contribution in [0, 0.1) is 12.7 Å². The quantitative estimate of drug-likeness (QED) is 0.497. The summed E-state index contributed by atoms with van der Waals surface area (Å²) in [7, 11) is 0. The van der Waals surface area contributed by atoms with Crippen LogP contribution in [0.25, 0.3) is 0 Å². The van der Waals surface area contributed by atoms with Gasteiger partial charge in [-0.3, -0.25) is 0 Å². The third kappa shape index (κ3) is 2.75. The van der Waals surface area contributed by atoms with Gasteiger partial charge in [-0.1, -0.05) is 24.0 Å². The molecule has 0 radical (unpaired) electrons. The SMILES string of the molecule is Cc1c(F)cccc1C[B-](F)(F)F. The molecule has 0 spiro atoms. The Morgan fingerprint density at radius 1 is 1.23 bits per heavy atom. The van der Waals surface area contributed by atoms with Crippen LogP contribution in [0.15, 0.2) is 18.2 Å². The molecule has 1 aromatic rings. The van der Waals surface area contributed by atoms with E-state index < -0.39 is 19.1 Å². The van der Waals surface area contributed by atoms with Crippen LogP contribution in [0.5, 0.6) is 0 Å². The van der Waals surface area contributed by atoms with Crippen molar-refractivity contribution in [2.24, 2.45) is 0 Å². The Kier molecular flexibility index (Phi) is 2.64. The Morgan fingerprint density at radius 3 is 2.38 bits per heavy atom. The molecule has 1 rings (SSSR count). The maximum atomic E-state index is 12.8. The van der Waals surface area contributed by atoms with Gasteiger partial charge in [0.05, 0.1) is 0 Å². The number of benzene rings is 1. The van der Waals surface area contributed by atoms with Gasteiger partial charge in [0.15, 0.2) is 0 Å². The van der Waals surface area contributed by atoms with E-state index in [1.807, 2.05) is 0 Å². The molecule has 72 valence electrons. The Balaban J connectivity index is 2.96. The fraction of sp³-hybridized carbons (Fsp3) is 0.250. The third-order valence-electron chi connectivity index (χ3n) is 1.83. The first-order chi connectivity index (χ1) is 5.90. The van der Waals surface area contributed by atoms with Gasteiger partial charge in [0.1, 0.15) is 5.82 Å². The molecule has 0 aromatic heterocycles. The fourth-order valence-electron chi connectivity index (χ4n) is 1.12. The molecule has 0 heterocycles. The first kappa shape index (κ1) is 10.1. The summed E-state index contributed by atoms with van der Waals surface area (Å²) in [4.78, 5) is 0. The topological polar surface area (TPSA) is 0 Å². The summed E-state index contributed by atoms with van der Waals surface area (Å²) < 4.78 is 48.8. The number of hydrogen-bond acceptors (Lipinski definition) is 0. The molecule has 0 saturated carbocycles. The van der Waals surface area contributed by atoms with Crippen LogP contribution in [0.4, 0.5) is 17.3 Å². The van der Waals surface area contributed by atoms with Gasteiger partial charge in [0.25, 0.3) is 0 Å². The monoisotopic (exact) mass is 191 g/mol. The Hall–Kier alpha value is -0.995. The molecular formula is C8H8BF4-. The molecule has 0 unspecified atom stereocenters. The summed E-state index contributed by atoms with van der Waals surface area (Å²) in [6, 6.07) is 3.75. The van der Waals surface area contributed by atoms with E-state index in [2.05, 4.69) is 0 Å². The van der Waals surface area contributed by atoms with Crippen molar-refractivity contribution in [3.05, 3.63) is 35.1 Å². The number of rotatable bonds is 2. The van der Waals surface area contributed by atoms with Gasteiger partial charge in [0, 0.05) is 0 Å². The molecule has 1 aromatic carbocycles. The van der Waals surface area contributed by atoms with Gasteiger partial charge in [-0.15, -0.1) is 0 Å². The fourth-order valence-corrected chi connectivity index (χ4v) is 1.12. The maximum absolute atomic E-state index is 12.8. The second-order valence-corrected chi connectivity index (χ2v) is 2.94. The molecule has 0 fully saturated rings. The van der Waals surface area contributed by atoms with Crippen LogP contribution in [-0.2, 0) is 6.32 Å². The van der Waals surface area contributed by atoms with E-state index in [9.17, 15) is 17.3 Å². The molecule has 0 amide bonds. The van der Waals surface area contributed by atoms with Crippen LogP contribution < -0.4 is 0 Å². The summed E-state index contributed by atoms with van der Waals surface area (Å²) in [5.41, 5.74) is 0.106. The highest BCUT2D eigenvalue weighted by Crippen LogP contribution is 2.20. The van der Waals surface area contributed by atoms with Crippen molar-refractivity contribution < 1.29 is 17.3 Å². The van der Waals surface area contributed by atoms with Gasteiger partial charge >= 0.3 is 6.98 Å². The lowest BCUT2D eigenvalue weighted by Crippen LogP contribution is -2.20. The van der Waals surface area contributed by atoms with Gasteiger partial charge in [-0.05, 0) is 18.6 Å². The van der Waals surface area contributed by atoms with Crippen molar-refractivity contribution in [2.45, 2.75) is 13.2 Å². The molecule has 0 aliphatic heterocycles. The van der Waals surface area contributed by atoms with Crippen molar-refractivity contribution >= 4 is 6.98 Å². The lowest BCUT2D eigenvalue weighted by Gasteiger charge is -2.15. The Labute approximate surface area is 73.6 Å². The zero-order valence-corrected chi connectivity index (χ0v) is 7.03. The van der Waals surface area contributed by atoms with Crippen LogP contribution in [0.2, 0.25) is 0 Å². The van der Waals surface area contributed by atoms with E-state index in [0.29, 0.717) is 0 Å². The zero-order valence-electron chi connectivity index (χ0n) is 7.03. The lowest BCUT2D eigenvalue weighted by molar-refractivity contribution is 0.468. The highest BCUT2D eigenvalue weighted by molar-refractivity contribution is 6.57. The minimum atomic E-state index is -4.88. The largest absolute Gasteiger partial charge is 0.482 e. The molecule has 0 nitrogen and oxygen atoms in total. The van der Waals surface area contributed by atoms with Crippen LogP contribution in [-0.4, -0.2) is 6.98 Å². The third-order valence-corrected chi connectivity index (χ3v) is 1.83. The van der Waals surface area contributed by atoms with Gasteiger partial charge in [0.2, 0.25) is 0 Å². The van der Waals surface area contributed by atoms with Crippen LogP contribution in [0.3, 0.4) is 0 Å². The Bertz CT molecular complexity index is 306. The van der Waals surface area contributed by atoms with E-state index in [4.69, 9.17) is 0 Å². The maximum Gasteiger partial charge on any atom is 0.482 e. The second-order valence-electron chi connectivity index (χ2n) is 2.94. The molecule has 0 bridgehead atoms. The number of hydrogen-bond donors (Lipinski definition) is 0. The van der Waals surface area contributed by atoms with E-state index >= 15 is 0 Å². The van der Waals surface area contributed by atoms with E-state index in [-0.39, 0.29) is 11.1 Å². The second kappa shape index (κ2) is 3.40. The molecule has 5 heteroatoms. The van der Waals surface area contributed by atoms with Crippen LogP contribution >= 0.6 is 0 Å². The highest BCUT2D eigenvalue weighted by atomic mass is 19.4. The molecule has 0 saturated heterocycles. The summed E-state index contributed by atoms with van der Waals surface area (Å²) >= 11 is 0. The molecule has 0 N–H and O–H groups in total. The van der Waals surface area contributed by atoms with E-state index in [1.54, 1.807) is 0 Å². The van der Waals surface area contributed by atoms with Crippen molar-refractivity contribution in [3.63, 3.8) is 0 Å². The zero-order chi connectivity index (χ0) is 10.1. The minimum absolute atomic E-state index is 0.0208. The average Bonchev–Trinajstić information content (AvgIpc) is 1.96. The molecule has 0 aliphatic carbocycles. The Morgan fingerprint density at radius 2 is 1.85 bits per heavy atom. The van der Waals surface area contributed by atoms with Crippen molar-refractivity contribution in [3.8, 4) is 0 Å². The summed E-state index contributed by atoms with van der Waals surface area (Å²) in [6.07, 6.45) is -1.01. The molecular weight excluding hydrogens is 183 g/mol. The molecule has 13 heavy (non-hydrogen) atoms. The van der Waals surface area contributed by atoms with Gasteiger partial charge < -0.3 is 12.9 Å². The molecule has 0 atom stereocenters. The minimum Gasteiger partial charge on any atom is -0.449 e. The smallest absolute Gasteiger partial charge is 0.449 e. The average molecular weight is 191 g/mol. The summed E-state index contributed by atoms with van der Waals surface area (Å²) in [5.74, 6) is -0.586. The van der Waals surface area contributed by atoms with E-state index in [0.717, 1.165) is 6.07 Å². The predicted molar refractivity (Wildman–Crippen MR) is 43.9 cm³/mol. The van der Waals surface area contributed by atoms with E-state index in [1.165, 1.54) is 19.1 Å². The van der Waals surface area contributed by atoms with Gasteiger partial charge in [-0.25, -0.2) is 4.39 Å². The van der Waals surface area contributed by atoms with Crippen LogP contribution in [0.1, 0.15) is 11.1 Å². The van der Waals surface area contributed by atoms with Crippen molar-refractivity contribution in [2.75, 3.05) is 0 Å².